The van der Waals surface area contributed by atoms with E-state index in [-0.39, 0.29) is 4.91 Å². The van der Waals surface area contributed by atoms with E-state index in [0.717, 1.165) is 45.9 Å². The zero-order valence-electron chi connectivity index (χ0n) is 18.4. The number of rotatable bonds is 13. The normalized spacial score (nSPS) is 14.0. The first-order chi connectivity index (χ1) is 13.1. The van der Waals surface area contributed by atoms with Gasteiger partial charge in [-0.3, -0.25) is 0 Å². The van der Waals surface area contributed by atoms with Crippen LogP contribution >= 0.6 is 11.8 Å². The molecule has 0 radical (unpaired) electrons. The molecule has 1 atom stereocenters. The first-order valence-electron chi connectivity index (χ1n) is 9.75. The molecule has 0 saturated heterocycles. The second-order valence-corrected chi connectivity index (χ2v) is 9.18. The van der Waals surface area contributed by atoms with Gasteiger partial charge in [0, 0.05) is 25.9 Å². The van der Waals surface area contributed by atoms with E-state index in [2.05, 4.69) is 25.3 Å². The van der Waals surface area contributed by atoms with Crippen molar-refractivity contribution in [2.24, 2.45) is 5.14 Å². The number of nitrogens with two attached hydrogens (primary N) is 1. The number of sulfonamides is 1. The van der Waals surface area contributed by atoms with Gasteiger partial charge in [-0.2, -0.15) is 0 Å². The second-order valence-electron chi connectivity index (χ2n) is 6.38. The third kappa shape index (κ3) is 11.3. The van der Waals surface area contributed by atoms with Gasteiger partial charge in [-0.05, 0) is 44.1 Å². The number of primary sulfonamides is 1. The van der Waals surface area contributed by atoms with Crippen molar-refractivity contribution in [3.63, 3.8) is 0 Å². The standard InChI is InChI=1S/C19H36N2O3S2.CH4O/c1-7-10-12-21(13-11-8-2)16(5)19(25-9-3)18(26(20,23)24)14-15(4)17(6)22;1-2/h14,17,22H,5,7-13H2,1-4,6H3,(H2,20,23,24);2H,1H3/b15-14+,19-18-;. The smallest absolute Gasteiger partial charge is 0.239 e. The Morgan fingerprint density at radius 2 is 1.64 bits per heavy atom. The topological polar surface area (TPSA) is 104 Å². The molecule has 6 nitrogen and oxygen atoms in total. The van der Waals surface area contributed by atoms with Gasteiger partial charge in [0.2, 0.25) is 10.0 Å². The summed E-state index contributed by atoms with van der Waals surface area (Å²) >= 11 is 1.42. The quantitative estimate of drug-likeness (QED) is 0.381. The highest BCUT2D eigenvalue weighted by molar-refractivity contribution is 8.04. The Morgan fingerprint density at radius 3 is 1.96 bits per heavy atom. The van der Waals surface area contributed by atoms with E-state index in [1.165, 1.54) is 17.8 Å². The number of aliphatic hydroxyl groups excluding tert-OH is 2. The third-order valence-corrected chi connectivity index (χ3v) is 6.14. The maximum Gasteiger partial charge on any atom is 0.239 e. The maximum atomic E-state index is 12.3. The monoisotopic (exact) mass is 436 g/mol. The minimum Gasteiger partial charge on any atom is -0.400 e. The molecule has 0 aromatic carbocycles. The molecule has 0 aliphatic rings. The summed E-state index contributed by atoms with van der Waals surface area (Å²) < 4.78 is 24.6. The van der Waals surface area contributed by atoms with Gasteiger partial charge in [0.25, 0.3) is 0 Å². The summed E-state index contributed by atoms with van der Waals surface area (Å²) in [6, 6.07) is 0. The van der Waals surface area contributed by atoms with Crippen LogP contribution in [0.1, 0.15) is 60.3 Å². The molecule has 28 heavy (non-hydrogen) atoms. The van der Waals surface area contributed by atoms with E-state index in [9.17, 15) is 13.5 Å². The summed E-state index contributed by atoms with van der Waals surface area (Å²) in [6.07, 6.45) is 4.86. The van der Waals surface area contributed by atoms with Crippen LogP contribution in [0, 0.1) is 0 Å². The van der Waals surface area contributed by atoms with E-state index in [4.69, 9.17) is 10.2 Å². The Bertz CT molecular complexity index is 604. The molecule has 1 unspecified atom stereocenters. The highest BCUT2D eigenvalue weighted by atomic mass is 32.2. The van der Waals surface area contributed by atoms with Crippen LogP contribution in [-0.4, -0.2) is 55.6 Å². The van der Waals surface area contributed by atoms with Crippen LogP contribution in [0.25, 0.3) is 0 Å². The molecule has 0 aliphatic carbocycles. The van der Waals surface area contributed by atoms with Crippen molar-refractivity contribution in [1.82, 2.24) is 4.90 Å². The molecule has 0 heterocycles. The van der Waals surface area contributed by atoms with Crippen molar-refractivity contribution in [2.75, 3.05) is 26.0 Å². The molecule has 8 heteroatoms. The van der Waals surface area contributed by atoms with E-state index in [1.54, 1.807) is 13.8 Å². The van der Waals surface area contributed by atoms with E-state index < -0.39 is 16.1 Å². The second kappa shape index (κ2) is 16.0. The summed E-state index contributed by atoms with van der Waals surface area (Å²) in [5.74, 6) is 0.699. The Morgan fingerprint density at radius 1 is 1.18 bits per heavy atom. The lowest BCUT2D eigenvalue weighted by atomic mass is 10.1. The number of allylic oxidation sites excluding steroid dienone is 1. The first kappa shape index (κ1) is 29.4. The molecule has 0 fully saturated rings. The molecule has 0 amide bonds. The summed E-state index contributed by atoms with van der Waals surface area (Å²) in [7, 11) is -2.95. The van der Waals surface area contributed by atoms with Gasteiger partial charge >= 0.3 is 0 Å². The highest BCUT2D eigenvalue weighted by Crippen LogP contribution is 2.32. The zero-order chi connectivity index (χ0) is 22.3. The number of nitrogens with zero attached hydrogens (tertiary/aromatic N) is 1. The molecule has 0 spiro atoms. The zero-order valence-corrected chi connectivity index (χ0v) is 20.0. The van der Waals surface area contributed by atoms with Crippen LogP contribution in [0.3, 0.4) is 0 Å². The maximum absolute atomic E-state index is 12.3. The van der Waals surface area contributed by atoms with Crippen LogP contribution < -0.4 is 5.14 Å². The lowest BCUT2D eigenvalue weighted by Gasteiger charge is -2.29. The molecule has 0 aliphatic heterocycles. The van der Waals surface area contributed by atoms with Crippen molar-refractivity contribution >= 4 is 21.8 Å². The SMILES string of the molecule is C=C(/C(SCC)=C(\C=C(/C)C(C)O)S(N)(=O)=O)N(CCCC)CCCC.CO. The predicted molar refractivity (Wildman–Crippen MR) is 122 cm³/mol. The molecule has 0 bridgehead atoms. The van der Waals surface area contributed by atoms with Gasteiger partial charge in [-0.15, -0.1) is 11.8 Å². The number of thioether (sulfide) groups is 1. The average Bonchev–Trinajstić information content (AvgIpc) is 2.64. The van der Waals surface area contributed by atoms with Gasteiger partial charge in [-0.25, -0.2) is 13.6 Å². The van der Waals surface area contributed by atoms with Crippen LogP contribution in [-0.2, 0) is 10.0 Å². The van der Waals surface area contributed by atoms with Crippen molar-refractivity contribution in [3.8, 4) is 0 Å². The van der Waals surface area contributed by atoms with Crippen molar-refractivity contribution in [2.45, 2.75) is 66.4 Å². The van der Waals surface area contributed by atoms with Crippen molar-refractivity contribution in [1.29, 1.82) is 0 Å². The van der Waals surface area contributed by atoms with Crippen molar-refractivity contribution < 1.29 is 18.6 Å². The molecule has 0 saturated carbocycles. The van der Waals surface area contributed by atoms with Gasteiger partial charge in [-0.1, -0.05) is 40.2 Å². The summed E-state index contributed by atoms with van der Waals surface area (Å²) in [5, 5.41) is 22.3. The first-order valence-corrected chi connectivity index (χ1v) is 12.3. The molecular formula is C20H40N2O4S2. The highest BCUT2D eigenvalue weighted by Gasteiger charge is 2.22. The van der Waals surface area contributed by atoms with Crippen LogP contribution in [0.15, 0.2) is 33.7 Å². The minimum atomic E-state index is -3.95. The predicted octanol–water partition coefficient (Wildman–Crippen LogP) is 3.59. The summed E-state index contributed by atoms with van der Waals surface area (Å²) in [4.78, 5) is 2.76. The van der Waals surface area contributed by atoms with Crippen LogP contribution in [0.2, 0.25) is 0 Å². The molecule has 0 aromatic rings. The van der Waals surface area contributed by atoms with Gasteiger partial charge in [0.15, 0.2) is 0 Å². The van der Waals surface area contributed by atoms with Crippen LogP contribution in [0.5, 0.6) is 0 Å². The lowest BCUT2D eigenvalue weighted by molar-refractivity contribution is 0.231. The Balaban J connectivity index is 0. The molecule has 0 rings (SSSR count). The van der Waals surface area contributed by atoms with E-state index in [0.29, 0.717) is 21.9 Å². The largest absolute Gasteiger partial charge is 0.400 e. The molecule has 4 N–H and O–H groups in total. The lowest BCUT2D eigenvalue weighted by Crippen LogP contribution is -2.27. The Kier molecular flexibility index (Phi) is 16.9. The van der Waals surface area contributed by atoms with E-state index >= 15 is 0 Å². The fourth-order valence-electron chi connectivity index (χ4n) is 2.27. The fraction of sp³-hybridized carbons (Fsp3) is 0.700. The number of aliphatic hydroxyl groups is 2. The Hall–Kier alpha value is -0.800. The van der Waals surface area contributed by atoms with Crippen LogP contribution in [0.4, 0.5) is 0 Å². The van der Waals surface area contributed by atoms with Gasteiger partial charge < -0.3 is 15.1 Å². The fourth-order valence-corrected chi connectivity index (χ4v) is 4.31. The summed E-state index contributed by atoms with van der Waals surface area (Å²) in [5.41, 5.74) is 1.24. The number of hydrogen-bond acceptors (Lipinski definition) is 6. The van der Waals surface area contributed by atoms with Gasteiger partial charge in [0.1, 0.15) is 0 Å². The summed E-state index contributed by atoms with van der Waals surface area (Å²) in [6.45, 7) is 15.4. The van der Waals surface area contributed by atoms with Crippen molar-refractivity contribution in [3.05, 3.63) is 33.7 Å². The molecular weight excluding hydrogens is 396 g/mol. The van der Waals surface area contributed by atoms with E-state index in [1.807, 2.05) is 6.92 Å². The number of hydrogen-bond donors (Lipinski definition) is 3. The number of unbranched alkanes of at least 4 members (excludes halogenated alkanes) is 2. The third-order valence-electron chi connectivity index (χ3n) is 4.04. The average molecular weight is 437 g/mol. The minimum absolute atomic E-state index is 0.0331. The molecule has 0 aromatic heterocycles. The molecule has 166 valence electrons. The van der Waals surface area contributed by atoms with Gasteiger partial charge in [0.05, 0.1) is 15.9 Å². The Labute approximate surface area is 176 Å².